The number of anilines is 1. The van der Waals surface area contributed by atoms with Gasteiger partial charge in [0.25, 0.3) is 0 Å². The number of aromatic nitrogens is 2. The van der Waals surface area contributed by atoms with Crippen molar-refractivity contribution < 1.29 is 13.9 Å². The van der Waals surface area contributed by atoms with Gasteiger partial charge in [-0.05, 0) is 60.4 Å². The number of aromatic amines is 1. The molecular formula is C23H25FN4O2. The molecule has 0 atom stereocenters. The van der Waals surface area contributed by atoms with E-state index in [2.05, 4.69) is 20.4 Å². The minimum Gasteiger partial charge on any atom is -0.497 e. The maximum absolute atomic E-state index is 13.1. The molecule has 156 valence electrons. The molecule has 0 bridgehead atoms. The highest BCUT2D eigenvalue weighted by atomic mass is 19.1. The average Bonchev–Trinajstić information content (AvgIpc) is 3.25. The van der Waals surface area contributed by atoms with Gasteiger partial charge in [0.05, 0.1) is 19.2 Å². The summed E-state index contributed by atoms with van der Waals surface area (Å²) in [4.78, 5) is 14.6. The molecule has 1 saturated heterocycles. The summed E-state index contributed by atoms with van der Waals surface area (Å²) in [5.41, 5.74) is 2.73. The predicted molar refractivity (Wildman–Crippen MR) is 114 cm³/mol. The number of carbonyl (C=O) groups is 1. The molecule has 0 unspecified atom stereocenters. The lowest BCUT2D eigenvalue weighted by Crippen LogP contribution is -2.45. The minimum atomic E-state index is -0.255. The molecule has 7 heteroatoms. The van der Waals surface area contributed by atoms with Gasteiger partial charge in [0.2, 0.25) is 5.91 Å². The van der Waals surface area contributed by atoms with Crippen molar-refractivity contribution in [3.63, 3.8) is 0 Å². The molecule has 2 aromatic carbocycles. The number of benzene rings is 2. The van der Waals surface area contributed by atoms with Crippen molar-refractivity contribution in [2.24, 2.45) is 0 Å². The lowest BCUT2D eigenvalue weighted by Gasteiger charge is -2.32. The number of H-pyrrole nitrogens is 1. The summed E-state index contributed by atoms with van der Waals surface area (Å²) in [5.74, 6) is 1.44. The van der Waals surface area contributed by atoms with Gasteiger partial charge in [0.1, 0.15) is 11.6 Å². The summed E-state index contributed by atoms with van der Waals surface area (Å²) >= 11 is 0. The molecule has 1 amide bonds. The number of nitrogens with one attached hydrogen (secondary N) is 2. The van der Waals surface area contributed by atoms with E-state index in [1.807, 2.05) is 30.3 Å². The lowest BCUT2D eigenvalue weighted by molar-refractivity contribution is -0.121. The van der Waals surface area contributed by atoms with Gasteiger partial charge in [-0.15, -0.1) is 0 Å². The van der Waals surface area contributed by atoms with Crippen molar-refractivity contribution >= 4 is 11.7 Å². The monoisotopic (exact) mass is 408 g/mol. The Hall–Kier alpha value is -3.35. The van der Waals surface area contributed by atoms with Gasteiger partial charge in [-0.1, -0.05) is 12.1 Å². The summed E-state index contributed by atoms with van der Waals surface area (Å²) in [6, 6.07) is 16.1. The first-order valence-corrected chi connectivity index (χ1v) is 10.1. The number of nitrogens with zero attached hydrogens (tertiary/aromatic N) is 2. The van der Waals surface area contributed by atoms with E-state index in [0.29, 0.717) is 6.42 Å². The minimum absolute atomic E-state index is 0.0389. The Balaban J connectivity index is 1.27. The topological polar surface area (TPSA) is 70.2 Å². The van der Waals surface area contributed by atoms with Crippen LogP contribution in [0.1, 0.15) is 18.4 Å². The smallest absolute Gasteiger partial charge is 0.224 e. The van der Waals surface area contributed by atoms with Gasteiger partial charge in [0.15, 0.2) is 5.82 Å². The highest BCUT2D eigenvalue weighted by Gasteiger charge is 2.22. The fourth-order valence-corrected chi connectivity index (χ4v) is 3.71. The van der Waals surface area contributed by atoms with Crippen LogP contribution in [-0.2, 0) is 11.2 Å². The van der Waals surface area contributed by atoms with E-state index in [1.54, 1.807) is 19.2 Å². The van der Waals surface area contributed by atoms with Crippen LogP contribution in [0.3, 0.4) is 0 Å². The van der Waals surface area contributed by atoms with E-state index in [9.17, 15) is 9.18 Å². The molecule has 3 aromatic rings. The maximum Gasteiger partial charge on any atom is 0.224 e. The molecule has 6 nitrogen and oxygen atoms in total. The molecule has 1 fully saturated rings. The fourth-order valence-electron chi connectivity index (χ4n) is 3.71. The Morgan fingerprint density at radius 3 is 2.53 bits per heavy atom. The number of ether oxygens (including phenoxy) is 1. The zero-order valence-electron chi connectivity index (χ0n) is 16.9. The van der Waals surface area contributed by atoms with Crippen LogP contribution in [0.5, 0.6) is 5.75 Å². The predicted octanol–water partition coefficient (Wildman–Crippen LogP) is 3.55. The summed E-state index contributed by atoms with van der Waals surface area (Å²) in [6.07, 6.45) is 2.10. The molecule has 0 radical (unpaired) electrons. The molecule has 30 heavy (non-hydrogen) atoms. The Labute approximate surface area is 175 Å². The number of hydrogen-bond donors (Lipinski definition) is 2. The zero-order valence-corrected chi connectivity index (χ0v) is 16.9. The number of rotatable bonds is 6. The highest BCUT2D eigenvalue weighted by Crippen LogP contribution is 2.24. The highest BCUT2D eigenvalue weighted by molar-refractivity contribution is 5.79. The van der Waals surface area contributed by atoms with Gasteiger partial charge in [-0.2, -0.15) is 5.10 Å². The van der Waals surface area contributed by atoms with Crippen molar-refractivity contribution in [2.45, 2.75) is 25.3 Å². The van der Waals surface area contributed by atoms with Crippen molar-refractivity contribution in [3.8, 4) is 17.0 Å². The van der Waals surface area contributed by atoms with Crippen molar-refractivity contribution in [1.29, 1.82) is 0 Å². The summed E-state index contributed by atoms with van der Waals surface area (Å²) in [7, 11) is 1.63. The molecule has 1 aliphatic heterocycles. The Morgan fingerprint density at radius 2 is 1.87 bits per heavy atom. The number of methoxy groups -OCH3 is 1. The Morgan fingerprint density at radius 1 is 1.17 bits per heavy atom. The quantitative estimate of drug-likeness (QED) is 0.654. The Kier molecular flexibility index (Phi) is 5.97. The SMILES string of the molecule is COc1ccc(CC(=O)NC2CCN(c3cc(-c4ccc(F)cc4)[nH]n3)CC2)cc1. The van der Waals surface area contributed by atoms with Gasteiger partial charge < -0.3 is 15.0 Å². The second-order valence-electron chi connectivity index (χ2n) is 7.50. The largest absolute Gasteiger partial charge is 0.497 e. The average molecular weight is 408 g/mol. The van der Waals surface area contributed by atoms with Gasteiger partial charge in [0, 0.05) is 25.2 Å². The van der Waals surface area contributed by atoms with E-state index in [4.69, 9.17) is 4.74 Å². The summed E-state index contributed by atoms with van der Waals surface area (Å²) < 4.78 is 18.3. The third-order valence-corrected chi connectivity index (χ3v) is 5.43. The number of piperidine rings is 1. The first kappa shape index (κ1) is 19.9. The van der Waals surface area contributed by atoms with Crippen LogP contribution >= 0.6 is 0 Å². The molecule has 0 spiro atoms. The van der Waals surface area contributed by atoms with Crippen molar-refractivity contribution in [2.75, 3.05) is 25.1 Å². The molecule has 1 aliphatic rings. The van der Waals surface area contributed by atoms with Gasteiger partial charge in [-0.25, -0.2) is 4.39 Å². The second kappa shape index (κ2) is 8.98. The molecule has 4 rings (SSSR count). The molecule has 2 heterocycles. The molecule has 1 aromatic heterocycles. The molecule has 0 aliphatic carbocycles. The van der Waals surface area contributed by atoms with E-state index in [-0.39, 0.29) is 17.8 Å². The molecular weight excluding hydrogens is 383 g/mol. The number of hydrogen-bond acceptors (Lipinski definition) is 4. The van der Waals surface area contributed by atoms with Crippen LogP contribution in [0.2, 0.25) is 0 Å². The normalized spacial score (nSPS) is 14.5. The standard InChI is InChI=1S/C23H25FN4O2/c1-30-20-8-2-16(3-9-20)14-23(29)25-19-10-12-28(13-11-19)22-15-21(26-27-22)17-4-6-18(24)7-5-17/h2-9,15,19H,10-14H2,1H3,(H,25,29)(H,26,27). The third-order valence-electron chi connectivity index (χ3n) is 5.43. The maximum atomic E-state index is 13.1. The fraction of sp³-hybridized carbons (Fsp3) is 0.304. The molecule has 2 N–H and O–H groups in total. The van der Waals surface area contributed by atoms with Crippen molar-refractivity contribution in [3.05, 3.63) is 66.0 Å². The first-order valence-electron chi connectivity index (χ1n) is 10.1. The van der Waals surface area contributed by atoms with Crippen LogP contribution in [-0.4, -0.2) is 42.3 Å². The van der Waals surface area contributed by atoms with Gasteiger partial charge >= 0.3 is 0 Å². The van der Waals surface area contributed by atoms with Crippen LogP contribution in [0.25, 0.3) is 11.3 Å². The van der Waals surface area contributed by atoms with E-state index in [0.717, 1.165) is 54.3 Å². The zero-order chi connectivity index (χ0) is 20.9. The van der Waals surface area contributed by atoms with E-state index in [1.165, 1.54) is 12.1 Å². The summed E-state index contributed by atoms with van der Waals surface area (Å²) in [5, 5.41) is 10.6. The molecule has 0 saturated carbocycles. The summed E-state index contributed by atoms with van der Waals surface area (Å²) in [6.45, 7) is 1.64. The second-order valence-corrected chi connectivity index (χ2v) is 7.50. The van der Waals surface area contributed by atoms with E-state index >= 15 is 0 Å². The van der Waals surface area contributed by atoms with Gasteiger partial charge in [-0.3, -0.25) is 9.89 Å². The van der Waals surface area contributed by atoms with Crippen LogP contribution in [0.4, 0.5) is 10.2 Å². The van der Waals surface area contributed by atoms with Crippen LogP contribution in [0.15, 0.2) is 54.6 Å². The Bertz CT molecular complexity index is 977. The van der Waals surface area contributed by atoms with Crippen LogP contribution < -0.4 is 15.0 Å². The number of amides is 1. The number of carbonyl (C=O) groups excluding carboxylic acids is 1. The van der Waals surface area contributed by atoms with E-state index < -0.39 is 0 Å². The lowest BCUT2D eigenvalue weighted by atomic mass is 10.0. The number of halogens is 1. The third kappa shape index (κ3) is 4.79. The van der Waals surface area contributed by atoms with Crippen LogP contribution in [0, 0.1) is 5.82 Å². The first-order chi connectivity index (χ1) is 14.6. The van der Waals surface area contributed by atoms with Crippen molar-refractivity contribution in [1.82, 2.24) is 15.5 Å².